The van der Waals surface area contributed by atoms with E-state index in [1.54, 1.807) is 12.1 Å². The van der Waals surface area contributed by atoms with Crippen LogP contribution in [0.2, 0.25) is 0 Å². The Morgan fingerprint density at radius 3 is 2.67 bits per heavy atom. The molecule has 2 aliphatic carbocycles. The van der Waals surface area contributed by atoms with Gasteiger partial charge >= 0.3 is 0 Å². The third-order valence-corrected chi connectivity index (χ3v) is 12.7. The number of methoxy groups -OCH3 is 1. The Morgan fingerprint density at radius 1 is 1.22 bits per heavy atom. The van der Waals surface area contributed by atoms with Crippen molar-refractivity contribution in [2.24, 2.45) is 23.5 Å². The Bertz CT molecular complexity index is 1790. The van der Waals surface area contributed by atoms with Crippen molar-refractivity contribution < 1.29 is 41.1 Å². The summed E-state index contributed by atoms with van der Waals surface area (Å²) in [5, 5.41) is 3.75. The maximum atomic E-state index is 14.7. The average molecular weight is 704 g/mol. The van der Waals surface area contributed by atoms with Gasteiger partial charge in [-0.05, 0) is 73.9 Å². The number of amides is 3. The molecule has 4 aliphatic rings. The predicted molar refractivity (Wildman–Crippen MR) is 176 cm³/mol. The molecule has 15 heteroatoms. The number of fused-ring (bicyclic) bond motifs is 3. The maximum absolute atomic E-state index is 14.7. The van der Waals surface area contributed by atoms with Gasteiger partial charge in [-0.15, -0.1) is 0 Å². The van der Waals surface area contributed by atoms with Crippen LogP contribution in [-0.4, -0.2) is 84.8 Å². The number of allylic oxidation sites excluding steroid dienone is 1. The zero-order valence-corrected chi connectivity index (χ0v) is 28.6. The van der Waals surface area contributed by atoms with E-state index in [9.17, 15) is 31.6 Å². The Kier molecular flexibility index (Phi) is 9.37. The molecule has 0 bridgehead atoms. The third kappa shape index (κ3) is 6.58. The molecule has 2 saturated carbocycles. The molecular formula is C34H43F2N5O7S. The predicted octanol–water partition coefficient (Wildman–Crippen LogP) is 2.89. The van der Waals surface area contributed by atoms with E-state index in [1.165, 1.54) is 30.3 Å². The van der Waals surface area contributed by atoms with Crippen LogP contribution in [-0.2, 0) is 24.4 Å². The molecule has 3 heterocycles. The van der Waals surface area contributed by atoms with Crippen molar-refractivity contribution in [3.63, 3.8) is 0 Å². The average Bonchev–Trinajstić information content (AvgIpc) is 3.97. The zero-order chi connectivity index (χ0) is 35.3. The van der Waals surface area contributed by atoms with Crippen molar-refractivity contribution in [3.8, 4) is 11.6 Å². The molecule has 2 aromatic rings. The van der Waals surface area contributed by atoms with E-state index in [1.807, 2.05) is 13.0 Å². The monoisotopic (exact) mass is 703 g/mol. The molecule has 7 unspecified atom stereocenters. The number of alkyl halides is 1. The van der Waals surface area contributed by atoms with Gasteiger partial charge in [0.2, 0.25) is 27.7 Å². The van der Waals surface area contributed by atoms with Gasteiger partial charge in [0.15, 0.2) is 11.6 Å². The van der Waals surface area contributed by atoms with Crippen molar-refractivity contribution in [3.05, 3.63) is 42.4 Å². The maximum Gasteiger partial charge on any atom is 0.259 e. The molecular weight excluding hydrogens is 660 g/mol. The van der Waals surface area contributed by atoms with Gasteiger partial charge in [0, 0.05) is 23.9 Å². The lowest BCUT2D eigenvalue weighted by molar-refractivity contribution is -0.141. The van der Waals surface area contributed by atoms with Crippen LogP contribution < -0.4 is 25.2 Å². The highest BCUT2D eigenvalue weighted by Gasteiger charge is 2.64. The second-order valence-electron chi connectivity index (χ2n) is 14.2. The SMILES string of the molecule is COc1cc2ccnc(OC3CC4C(=O)NC5(C(=O)NS(=O)(=O)C6(CF)CC6)CC5C=CCCC(C)CC(C)C(N)C(=O)N4C3)c2cc1F. The number of carbonyl (C=O) groups excluding carboxylic acids is 3. The fourth-order valence-corrected chi connectivity index (χ4v) is 8.55. The molecule has 0 radical (unpaired) electrons. The number of rotatable bonds is 7. The molecule has 2 aliphatic heterocycles. The quantitative estimate of drug-likeness (QED) is 0.367. The lowest BCUT2D eigenvalue weighted by Crippen LogP contribution is -2.58. The van der Waals surface area contributed by atoms with E-state index in [0.29, 0.717) is 23.6 Å². The minimum Gasteiger partial charge on any atom is -0.494 e. The van der Waals surface area contributed by atoms with Crippen molar-refractivity contribution >= 4 is 38.5 Å². The van der Waals surface area contributed by atoms with Crippen LogP contribution in [0.3, 0.4) is 0 Å². The highest BCUT2D eigenvalue weighted by molar-refractivity contribution is 7.91. The number of carbonyl (C=O) groups is 3. The van der Waals surface area contributed by atoms with Gasteiger partial charge in [-0.1, -0.05) is 26.0 Å². The van der Waals surface area contributed by atoms with E-state index >= 15 is 0 Å². The molecule has 4 N–H and O–H groups in total. The first kappa shape index (κ1) is 35.0. The molecule has 1 aromatic heterocycles. The highest BCUT2D eigenvalue weighted by atomic mass is 32.2. The summed E-state index contributed by atoms with van der Waals surface area (Å²) >= 11 is 0. The first-order valence-electron chi connectivity index (χ1n) is 16.7. The number of ether oxygens (including phenoxy) is 2. The second kappa shape index (κ2) is 13.1. The molecule has 49 heavy (non-hydrogen) atoms. The Balaban J connectivity index is 1.31. The molecule has 1 saturated heterocycles. The highest BCUT2D eigenvalue weighted by Crippen LogP contribution is 2.48. The Labute approximate surface area is 284 Å². The van der Waals surface area contributed by atoms with E-state index in [2.05, 4.69) is 21.9 Å². The fourth-order valence-electron chi connectivity index (χ4n) is 7.13. The number of halogens is 2. The molecule has 266 valence electrons. The van der Waals surface area contributed by atoms with E-state index in [0.717, 1.165) is 6.42 Å². The second-order valence-corrected chi connectivity index (χ2v) is 16.3. The van der Waals surface area contributed by atoms with Gasteiger partial charge in [0.05, 0.1) is 19.7 Å². The smallest absolute Gasteiger partial charge is 0.259 e. The van der Waals surface area contributed by atoms with Crippen LogP contribution >= 0.6 is 0 Å². The number of nitrogens with one attached hydrogen (secondary N) is 2. The first-order valence-corrected chi connectivity index (χ1v) is 18.2. The lowest BCUT2D eigenvalue weighted by atomic mass is 9.88. The minimum absolute atomic E-state index is 0.00670. The topological polar surface area (TPSA) is 170 Å². The van der Waals surface area contributed by atoms with E-state index < -0.39 is 74.6 Å². The van der Waals surface area contributed by atoms with Crippen LogP contribution in [0, 0.1) is 23.6 Å². The zero-order valence-electron chi connectivity index (χ0n) is 27.8. The van der Waals surface area contributed by atoms with Gasteiger partial charge in [0.25, 0.3) is 5.91 Å². The molecule has 7 atom stereocenters. The molecule has 12 nitrogen and oxygen atoms in total. The summed E-state index contributed by atoms with van der Waals surface area (Å²) in [7, 11) is -2.99. The van der Waals surface area contributed by atoms with Crippen molar-refractivity contribution in [1.82, 2.24) is 19.9 Å². The number of pyridine rings is 1. The minimum atomic E-state index is -4.35. The molecule has 6 rings (SSSR count). The molecule has 3 amide bonds. The summed E-state index contributed by atoms with van der Waals surface area (Å²) in [5.41, 5.74) is 4.90. The van der Waals surface area contributed by atoms with Gasteiger partial charge in [0.1, 0.15) is 29.1 Å². The van der Waals surface area contributed by atoms with Crippen LogP contribution in [0.1, 0.15) is 58.8 Å². The number of nitrogens with zero attached hydrogens (tertiary/aromatic N) is 2. The van der Waals surface area contributed by atoms with Gasteiger partial charge in [-0.3, -0.25) is 19.1 Å². The number of benzene rings is 1. The summed E-state index contributed by atoms with van der Waals surface area (Å²) < 4.78 is 66.2. The number of hydrogen-bond acceptors (Lipinski definition) is 9. The van der Waals surface area contributed by atoms with E-state index in [-0.39, 0.29) is 55.7 Å². The van der Waals surface area contributed by atoms with Crippen LogP contribution in [0.25, 0.3) is 10.8 Å². The van der Waals surface area contributed by atoms with Crippen molar-refractivity contribution in [1.29, 1.82) is 0 Å². The largest absolute Gasteiger partial charge is 0.494 e. The van der Waals surface area contributed by atoms with Gasteiger partial charge < -0.3 is 25.4 Å². The summed E-state index contributed by atoms with van der Waals surface area (Å²) in [5.74, 6) is -3.07. The van der Waals surface area contributed by atoms with Gasteiger partial charge in [-0.25, -0.2) is 22.2 Å². The summed E-state index contributed by atoms with van der Waals surface area (Å²) in [6.07, 6.45) is 6.90. The van der Waals surface area contributed by atoms with Crippen LogP contribution in [0.15, 0.2) is 36.5 Å². The van der Waals surface area contributed by atoms with Gasteiger partial charge in [-0.2, -0.15) is 0 Å². The Hall–Kier alpha value is -3.85. The van der Waals surface area contributed by atoms with E-state index in [4.69, 9.17) is 15.2 Å². The summed E-state index contributed by atoms with van der Waals surface area (Å²) in [6.45, 7) is 2.80. The normalized spacial score (nSPS) is 31.5. The first-order chi connectivity index (χ1) is 23.2. The standard InChI is InChI=1S/C34H43F2N5O7S/c1-19-6-4-5-7-22-16-34(22,32(44)40-49(45,46)33(18-35)9-10-33)39-29(42)26-14-23(17-41(26)31(43)28(37)20(2)12-19)48-30-24-15-25(36)27(47-3)13-21(24)8-11-38-30/h5,7-8,11,13,15,19-20,22-23,26,28H,4,6,9-10,12,14,16-18,37H2,1-3H3,(H,39,42)(H,40,44). The fraction of sp³-hybridized carbons (Fsp3) is 0.588. The number of sulfonamides is 1. The van der Waals surface area contributed by atoms with Crippen LogP contribution in [0.4, 0.5) is 8.78 Å². The van der Waals surface area contributed by atoms with Crippen LogP contribution in [0.5, 0.6) is 11.6 Å². The van der Waals surface area contributed by atoms with Crippen molar-refractivity contribution in [2.75, 3.05) is 20.3 Å². The lowest BCUT2D eigenvalue weighted by Gasteiger charge is -2.30. The molecule has 1 aromatic carbocycles. The molecule has 0 spiro atoms. The number of aromatic nitrogens is 1. The molecule has 3 fully saturated rings. The Morgan fingerprint density at radius 2 is 1.98 bits per heavy atom. The number of nitrogens with two attached hydrogens (primary N) is 1. The summed E-state index contributed by atoms with van der Waals surface area (Å²) in [4.78, 5) is 47.4. The van der Waals surface area contributed by atoms with Crippen molar-refractivity contribution in [2.45, 2.75) is 87.3 Å². The number of hydrogen-bond donors (Lipinski definition) is 3. The third-order valence-electron chi connectivity index (χ3n) is 10.6. The summed E-state index contributed by atoms with van der Waals surface area (Å²) in [6, 6.07) is 2.37.